The smallest absolute Gasteiger partial charge is 0.347 e. The molecule has 36 heavy (non-hydrogen) atoms. The van der Waals surface area contributed by atoms with E-state index < -0.39 is 17.6 Å². The van der Waals surface area contributed by atoms with Crippen LogP contribution < -0.4 is 19.5 Å². The van der Waals surface area contributed by atoms with Gasteiger partial charge in [0.2, 0.25) is 17.9 Å². The number of carboxylic acid groups (broad SMARTS) is 1. The highest BCUT2D eigenvalue weighted by atomic mass is 16.5. The van der Waals surface area contributed by atoms with Gasteiger partial charge >= 0.3 is 12.0 Å². The number of nitrogens with zero attached hydrogens (tertiary/aromatic N) is 5. The van der Waals surface area contributed by atoms with Crippen LogP contribution in [0.5, 0.6) is 17.8 Å². The summed E-state index contributed by atoms with van der Waals surface area (Å²) in [6.45, 7) is 2.07. The van der Waals surface area contributed by atoms with E-state index in [1.165, 1.54) is 20.3 Å². The van der Waals surface area contributed by atoms with Gasteiger partial charge in [0.05, 0.1) is 32.5 Å². The van der Waals surface area contributed by atoms with Crippen LogP contribution in [0.2, 0.25) is 0 Å². The fraction of sp³-hybridized carbons (Fsp3) is 0.240. The monoisotopic (exact) mass is 488 g/mol. The number of nitrogens with one attached hydrogen (secondary N) is 1. The molecule has 184 valence electrons. The number of para-hydroxylation sites is 1. The minimum Gasteiger partial charge on any atom is -0.481 e. The van der Waals surface area contributed by atoms with Crippen LogP contribution in [-0.4, -0.2) is 56.1 Å². The van der Waals surface area contributed by atoms with Gasteiger partial charge in [-0.05, 0) is 18.6 Å². The van der Waals surface area contributed by atoms with Gasteiger partial charge in [-0.25, -0.2) is 4.79 Å². The molecular weight excluding hydrogens is 464 g/mol. The Morgan fingerprint density at radius 3 is 2.36 bits per heavy atom. The zero-order chi connectivity index (χ0) is 25.3. The molecule has 5 rings (SSSR count). The van der Waals surface area contributed by atoms with Crippen molar-refractivity contribution in [3.05, 3.63) is 83.4 Å². The molecule has 0 spiro atoms. The van der Waals surface area contributed by atoms with Gasteiger partial charge in [-0.3, -0.25) is 9.88 Å². The Hall–Kier alpha value is -4.51. The number of rotatable bonds is 7. The Morgan fingerprint density at radius 1 is 1.03 bits per heavy atom. The van der Waals surface area contributed by atoms with Gasteiger partial charge in [0.25, 0.3) is 0 Å². The van der Waals surface area contributed by atoms with Gasteiger partial charge in [-0.2, -0.15) is 9.97 Å². The summed E-state index contributed by atoms with van der Waals surface area (Å²) in [7, 11) is 2.87. The first-order valence-electron chi connectivity index (χ1n) is 11.2. The van der Waals surface area contributed by atoms with Crippen molar-refractivity contribution in [3.8, 4) is 23.5 Å². The second-order valence-electron chi connectivity index (χ2n) is 8.11. The number of carboxylic acids is 1. The quantitative estimate of drug-likeness (QED) is 0.399. The van der Waals surface area contributed by atoms with Gasteiger partial charge in [0.15, 0.2) is 5.82 Å². The fourth-order valence-corrected chi connectivity index (χ4v) is 4.57. The summed E-state index contributed by atoms with van der Waals surface area (Å²) in [5.74, 6) is 0.440. The molecule has 11 heteroatoms. The van der Waals surface area contributed by atoms with Crippen molar-refractivity contribution in [1.82, 2.24) is 30.0 Å². The number of fused-ring (bicyclic) bond motifs is 3. The predicted octanol–water partition coefficient (Wildman–Crippen LogP) is 2.26. The number of benzene rings is 2. The van der Waals surface area contributed by atoms with Gasteiger partial charge in [0.1, 0.15) is 11.4 Å². The van der Waals surface area contributed by atoms with Crippen LogP contribution in [0.15, 0.2) is 60.7 Å². The Morgan fingerprint density at radius 2 is 1.69 bits per heavy atom. The molecule has 11 nitrogen and oxygen atoms in total. The molecule has 1 aliphatic heterocycles. The largest absolute Gasteiger partial charge is 0.481 e. The number of hydrogen-bond acceptors (Lipinski definition) is 9. The summed E-state index contributed by atoms with van der Waals surface area (Å²) in [5, 5.41) is 22.6. The highest BCUT2D eigenvalue weighted by Crippen LogP contribution is 2.41. The van der Waals surface area contributed by atoms with Crippen LogP contribution >= 0.6 is 0 Å². The summed E-state index contributed by atoms with van der Waals surface area (Å²) >= 11 is 0. The summed E-state index contributed by atoms with van der Waals surface area (Å²) in [6, 6.07) is 18.1. The third kappa shape index (κ3) is 3.79. The molecule has 0 amide bonds. The number of carbonyl (C=O) groups is 1. The third-order valence-electron chi connectivity index (χ3n) is 6.13. The van der Waals surface area contributed by atoms with Gasteiger partial charge in [0, 0.05) is 5.56 Å². The van der Waals surface area contributed by atoms with Crippen molar-refractivity contribution in [3.63, 3.8) is 0 Å². The zero-order valence-corrected chi connectivity index (χ0v) is 19.9. The lowest BCUT2D eigenvalue weighted by Gasteiger charge is -2.39. The lowest BCUT2D eigenvalue weighted by molar-refractivity contribution is -0.149. The predicted molar refractivity (Wildman–Crippen MR) is 127 cm³/mol. The molecule has 2 N–H and O–H groups in total. The molecule has 0 fully saturated rings. The Balaban J connectivity index is 1.76. The van der Waals surface area contributed by atoms with Crippen molar-refractivity contribution < 1.29 is 24.1 Å². The van der Waals surface area contributed by atoms with Gasteiger partial charge < -0.3 is 19.3 Å². The van der Waals surface area contributed by atoms with E-state index in [0.29, 0.717) is 22.8 Å². The van der Waals surface area contributed by atoms with E-state index >= 15 is 0 Å². The summed E-state index contributed by atoms with van der Waals surface area (Å²) in [6.07, 6.45) is -1.50. The highest BCUT2D eigenvalue weighted by molar-refractivity contribution is 5.78. The minimum atomic E-state index is -1.50. The van der Waals surface area contributed by atoms with E-state index in [0.717, 1.165) is 5.69 Å². The number of aromatic nitrogens is 5. The van der Waals surface area contributed by atoms with Crippen LogP contribution in [-0.2, 0) is 16.9 Å². The van der Waals surface area contributed by atoms with Crippen LogP contribution in [0.4, 0.5) is 0 Å². The normalized spacial score (nSPS) is 17.3. The van der Waals surface area contributed by atoms with Crippen molar-refractivity contribution in [2.45, 2.75) is 25.1 Å². The number of methoxy groups -OCH3 is 2. The maximum absolute atomic E-state index is 13.0. The van der Waals surface area contributed by atoms with Crippen LogP contribution in [0.25, 0.3) is 5.69 Å². The highest BCUT2D eigenvalue weighted by Gasteiger charge is 2.51. The number of ether oxygens (including phenoxy) is 3. The molecule has 2 atom stereocenters. The maximum Gasteiger partial charge on any atom is 0.347 e. The molecule has 0 aliphatic carbocycles. The second kappa shape index (κ2) is 9.27. The lowest BCUT2D eigenvalue weighted by Crippen LogP contribution is -2.57. The summed E-state index contributed by atoms with van der Waals surface area (Å²) in [5.41, 5.74) is 0.718. The van der Waals surface area contributed by atoms with E-state index in [1.54, 1.807) is 0 Å². The first kappa shape index (κ1) is 23.2. The lowest BCUT2D eigenvalue weighted by atomic mass is 9.77. The third-order valence-corrected chi connectivity index (χ3v) is 6.13. The molecule has 2 aromatic carbocycles. The summed E-state index contributed by atoms with van der Waals surface area (Å²) in [4.78, 5) is 21.4. The van der Waals surface area contributed by atoms with E-state index in [1.807, 2.05) is 66.1 Å². The van der Waals surface area contributed by atoms with Gasteiger partial charge in [-0.1, -0.05) is 48.5 Å². The van der Waals surface area contributed by atoms with E-state index in [9.17, 15) is 9.90 Å². The Labute approximate surface area is 206 Å². The standard InChI is InChI=1S/C25H24N6O5/c1-15-29-30-19-14-26-25(16-9-5-4-6-10-16,17-11-7-8-12-18(17)31(15)19)22(23(32)33)36-24-27-20(34-2)13-21(28-24)35-3/h4-13,22,26H,14H2,1-3H3,(H,32,33)/t22-,25+/m1/s1. The van der Waals surface area contributed by atoms with Crippen molar-refractivity contribution in [2.24, 2.45) is 0 Å². The first-order chi connectivity index (χ1) is 17.5. The minimum absolute atomic E-state index is 0.172. The molecule has 0 radical (unpaired) electrons. The number of aliphatic carboxylic acids is 1. The molecule has 0 unspecified atom stereocenters. The van der Waals surface area contributed by atoms with Crippen molar-refractivity contribution >= 4 is 5.97 Å². The molecule has 1 aliphatic rings. The molecule has 4 aromatic rings. The molecule has 2 aromatic heterocycles. The molecule has 0 saturated heterocycles. The maximum atomic E-state index is 13.0. The van der Waals surface area contributed by atoms with Gasteiger partial charge in [-0.15, -0.1) is 10.2 Å². The van der Waals surface area contributed by atoms with E-state index in [2.05, 4.69) is 25.5 Å². The van der Waals surface area contributed by atoms with Crippen molar-refractivity contribution in [1.29, 1.82) is 0 Å². The van der Waals surface area contributed by atoms with E-state index in [4.69, 9.17) is 14.2 Å². The Kier molecular flexibility index (Phi) is 5.98. The van der Waals surface area contributed by atoms with E-state index in [-0.39, 0.29) is 24.3 Å². The van der Waals surface area contributed by atoms with Crippen LogP contribution in [0.3, 0.4) is 0 Å². The zero-order valence-electron chi connectivity index (χ0n) is 19.9. The average Bonchev–Trinajstić information content (AvgIpc) is 3.21. The average molecular weight is 489 g/mol. The van der Waals surface area contributed by atoms with Crippen LogP contribution in [0, 0.1) is 6.92 Å². The molecule has 0 saturated carbocycles. The number of hydrogen-bond donors (Lipinski definition) is 2. The Bertz CT molecular complexity index is 1390. The van der Waals surface area contributed by atoms with Crippen molar-refractivity contribution in [2.75, 3.05) is 14.2 Å². The first-order valence-corrected chi connectivity index (χ1v) is 11.2. The molecule has 3 heterocycles. The summed E-state index contributed by atoms with van der Waals surface area (Å²) < 4.78 is 18.4. The molecule has 0 bridgehead atoms. The fourth-order valence-electron chi connectivity index (χ4n) is 4.57. The second-order valence-corrected chi connectivity index (χ2v) is 8.11. The topological polar surface area (TPSA) is 134 Å². The number of aryl methyl sites for hydroxylation is 1. The molecular formula is C25H24N6O5. The SMILES string of the molecule is COc1cc(OC)nc(O[C@H](C(=O)O)[C@@]2(c3ccccc3)NCc3nnc(C)n3-c3ccccc32)n1. The van der Waals surface area contributed by atoms with Crippen LogP contribution in [0.1, 0.15) is 22.8 Å².